The summed E-state index contributed by atoms with van der Waals surface area (Å²) in [6, 6.07) is 0. The fraction of sp³-hybridized carbons (Fsp3) is 0.571. The fourth-order valence-electron chi connectivity index (χ4n) is 1.39. The molecule has 0 radical (unpaired) electrons. The molecule has 0 saturated heterocycles. The van der Waals surface area contributed by atoms with E-state index in [2.05, 4.69) is 28.1 Å². The van der Waals surface area contributed by atoms with Crippen LogP contribution < -0.4 is 10.1 Å². The van der Waals surface area contributed by atoms with Crippen molar-refractivity contribution in [1.82, 2.24) is 9.97 Å². The van der Waals surface area contributed by atoms with Crippen LogP contribution in [0.5, 0.6) is 5.88 Å². The maximum atomic E-state index is 5.76. The Balaban J connectivity index is 3.06. The first kappa shape index (κ1) is 14.3. The smallest absolute Gasteiger partial charge is 0.223 e. The topological polar surface area (TPSA) is 47.0 Å². The van der Waals surface area contributed by atoms with Gasteiger partial charge in [0.15, 0.2) is 5.60 Å². The van der Waals surface area contributed by atoms with Crippen molar-refractivity contribution in [2.24, 2.45) is 0 Å². The van der Waals surface area contributed by atoms with Crippen LogP contribution in [-0.4, -0.2) is 22.1 Å². The Morgan fingerprint density at radius 3 is 2.56 bits per heavy atom. The molecule has 0 spiro atoms. The van der Waals surface area contributed by atoms with Crippen LogP contribution in [0.2, 0.25) is 0 Å². The molecule has 1 aromatic heterocycles. The minimum atomic E-state index is -0.673. The first-order chi connectivity index (χ1) is 8.39. The zero-order chi connectivity index (χ0) is 13.8. The standard InChI is InChI=1S/C14H21N3O/c1-7-9-15-12-10(3)13(17-11(4)16-12)18-14(5,6)8-2/h2H,7,9H2,1,3-6H3,(H,15,16,17). The fourth-order valence-corrected chi connectivity index (χ4v) is 1.39. The Labute approximate surface area is 109 Å². The van der Waals surface area contributed by atoms with Gasteiger partial charge in [0, 0.05) is 6.54 Å². The first-order valence-electron chi connectivity index (χ1n) is 6.15. The molecule has 0 aromatic carbocycles. The molecule has 1 aromatic rings. The molecule has 0 atom stereocenters. The largest absolute Gasteiger partial charge is 0.458 e. The van der Waals surface area contributed by atoms with Crippen LogP contribution in [0.3, 0.4) is 0 Å². The lowest BCUT2D eigenvalue weighted by Crippen LogP contribution is -2.27. The van der Waals surface area contributed by atoms with Crippen molar-refractivity contribution in [1.29, 1.82) is 0 Å². The molecule has 18 heavy (non-hydrogen) atoms. The van der Waals surface area contributed by atoms with E-state index in [9.17, 15) is 0 Å². The van der Waals surface area contributed by atoms with E-state index in [1.807, 2.05) is 27.7 Å². The second kappa shape index (κ2) is 5.72. The molecule has 0 bridgehead atoms. The van der Waals surface area contributed by atoms with E-state index >= 15 is 0 Å². The van der Waals surface area contributed by atoms with Crippen molar-refractivity contribution in [2.45, 2.75) is 46.6 Å². The predicted octanol–water partition coefficient (Wildman–Crippen LogP) is 2.71. The van der Waals surface area contributed by atoms with E-state index < -0.39 is 5.60 Å². The summed E-state index contributed by atoms with van der Waals surface area (Å²) in [4.78, 5) is 8.68. The number of nitrogens with zero attached hydrogens (tertiary/aromatic N) is 2. The van der Waals surface area contributed by atoms with Crippen LogP contribution in [0.25, 0.3) is 0 Å². The summed E-state index contributed by atoms with van der Waals surface area (Å²) in [7, 11) is 0. The van der Waals surface area contributed by atoms with Gasteiger partial charge in [0.1, 0.15) is 11.6 Å². The maximum Gasteiger partial charge on any atom is 0.223 e. The Morgan fingerprint density at radius 2 is 2.00 bits per heavy atom. The van der Waals surface area contributed by atoms with Gasteiger partial charge in [-0.25, -0.2) is 4.98 Å². The molecule has 0 fully saturated rings. The third-order valence-corrected chi connectivity index (χ3v) is 2.45. The summed E-state index contributed by atoms with van der Waals surface area (Å²) >= 11 is 0. The van der Waals surface area contributed by atoms with E-state index in [0.29, 0.717) is 11.7 Å². The highest BCUT2D eigenvalue weighted by atomic mass is 16.5. The van der Waals surface area contributed by atoms with Crippen molar-refractivity contribution >= 4 is 5.82 Å². The lowest BCUT2D eigenvalue weighted by Gasteiger charge is -2.21. The first-order valence-corrected chi connectivity index (χ1v) is 6.15. The van der Waals surface area contributed by atoms with Gasteiger partial charge < -0.3 is 10.1 Å². The molecule has 1 heterocycles. The van der Waals surface area contributed by atoms with E-state index in [1.54, 1.807) is 0 Å². The Kier molecular flexibility index (Phi) is 4.55. The highest BCUT2D eigenvalue weighted by Gasteiger charge is 2.20. The molecule has 0 saturated carbocycles. The molecule has 0 aliphatic carbocycles. The third kappa shape index (κ3) is 3.63. The van der Waals surface area contributed by atoms with Crippen molar-refractivity contribution in [3.63, 3.8) is 0 Å². The van der Waals surface area contributed by atoms with E-state index in [4.69, 9.17) is 11.2 Å². The summed E-state index contributed by atoms with van der Waals surface area (Å²) in [5, 5.41) is 3.26. The summed E-state index contributed by atoms with van der Waals surface area (Å²) in [5.74, 6) is 4.62. The minimum Gasteiger partial charge on any atom is -0.458 e. The van der Waals surface area contributed by atoms with Gasteiger partial charge in [-0.15, -0.1) is 6.42 Å². The van der Waals surface area contributed by atoms with Crippen molar-refractivity contribution in [3.05, 3.63) is 11.4 Å². The predicted molar refractivity (Wildman–Crippen MR) is 73.8 cm³/mol. The minimum absolute atomic E-state index is 0.545. The molecule has 1 N–H and O–H groups in total. The van der Waals surface area contributed by atoms with Gasteiger partial charge in [-0.1, -0.05) is 12.8 Å². The van der Waals surface area contributed by atoms with Crippen LogP contribution in [0.4, 0.5) is 5.82 Å². The molecule has 4 heteroatoms. The van der Waals surface area contributed by atoms with Gasteiger partial charge >= 0.3 is 0 Å². The average molecular weight is 247 g/mol. The second-order valence-electron chi connectivity index (χ2n) is 4.73. The number of rotatable bonds is 5. The lowest BCUT2D eigenvalue weighted by atomic mass is 10.1. The van der Waals surface area contributed by atoms with Crippen molar-refractivity contribution in [2.75, 3.05) is 11.9 Å². The van der Waals surface area contributed by atoms with Gasteiger partial charge in [-0.2, -0.15) is 4.98 Å². The summed E-state index contributed by atoms with van der Waals surface area (Å²) < 4.78 is 5.76. The molecule has 0 aliphatic rings. The van der Waals surface area contributed by atoms with Gasteiger partial charge in [0.05, 0.1) is 5.56 Å². The molecular weight excluding hydrogens is 226 g/mol. The average Bonchev–Trinajstić information content (AvgIpc) is 2.31. The summed E-state index contributed by atoms with van der Waals surface area (Å²) in [6.45, 7) is 10.4. The third-order valence-electron chi connectivity index (χ3n) is 2.45. The molecule has 0 aliphatic heterocycles. The molecule has 4 nitrogen and oxygen atoms in total. The Hall–Kier alpha value is -1.76. The molecule has 0 amide bonds. The number of nitrogens with one attached hydrogen (secondary N) is 1. The molecule has 98 valence electrons. The molecule has 0 unspecified atom stereocenters. The van der Waals surface area contributed by atoms with Crippen LogP contribution >= 0.6 is 0 Å². The zero-order valence-corrected chi connectivity index (χ0v) is 11.8. The zero-order valence-electron chi connectivity index (χ0n) is 11.8. The highest BCUT2D eigenvalue weighted by Crippen LogP contribution is 2.25. The van der Waals surface area contributed by atoms with Crippen LogP contribution in [0, 0.1) is 26.2 Å². The molecule has 1 rings (SSSR count). The second-order valence-corrected chi connectivity index (χ2v) is 4.73. The number of hydrogen-bond acceptors (Lipinski definition) is 4. The van der Waals surface area contributed by atoms with Crippen LogP contribution in [0.1, 0.15) is 38.6 Å². The number of anilines is 1. The van der Waals surface area contributed by atoms with Gasteiger partial charge in [-0.05, 0) is 34.1 Å². The normalized spacial score (nSPS) is 10.9. The van der Waals surface area contributed by atoms with Crippen LogP contribution in [-0.2, 0) is 0 Å². The summed E-state index contributed by atoms with van der Waals surface area (Å²) in [6.07, 6.45) is 6.46. The number of aromatic nitrogens is 2. The summed E-state index contributed by atoms with van der Waals surface area (Å²) in [5.41, 5.74) is 0.213. The highest BCUT2D eigenvalue weighted by molar-refractivity contribution is 5.48. The van der Waals surface area contributed by atoms with Crippen molar-refractivity contribution in [3.8, 4) is 18.2 Å². The van der Waals surface area contributed by atoms with E-state index in [0.717, 1.165) is 24.3 Å². The Bertz CT molecular complexity index is 461. The molecular formula is C14H21N3O. The van der Waals surface area contributed by atoms with E-state index in [-0.39, 0.29) is 0 Å². The van der Waals surface area contributed by atoms with Crippen molar-refractivity contribution < 1.29 is 4.74 Å². The maximum absolute atomic E-state index is 5.76. The Morgan fingerprint density at radius 1 is 1.33 bits per heavy atom. The SMILES string of the molecule is C#CC(C)(C)Oc1nc(C)nc(NCCC)c1C. The van der Waals surface area contributed by atoms with Gasteiger partial charge in [-0.3, -0.25) is 0 Å². The number of ether oxygens (including phenoxy) is 1. The van der Waals surface area contributed by atoms with Crippen LogP contribution in [0.15, 0.2) is 0 Å². The monoisotopic (exact) mass is 247 g/mol. The lowest BCUT2D eigenvalue weighted by molar-refractivity contribution is 0.163. The number of terminal acetylenes is 1. The van der Waals surface area contributed by atoms with Gasteiger partial charge in [0.2, 0.25) is 5.88 Å². The quantitative estimate of drug-likeness (QED) is 0.813. The van der Waals surface area contributed by atoms with Gasteiger partial charge in [0.25, 0.3) is 0 Å². The number of hydrogen-bond donors (Lipinski definition) is 1. The number of aryl methyl sites for hydroxylation is 1. The van der Waals surface area contributed by atoms with E-state index in [1.165, 1.54) is 0 Å².